The maximum atomic E-state index is 9.97. The quantitative estimate of drug-likeness (QED) is 0.182. The van der Waals surface area contributed by atoms with Crippen molar-refractivity contribution in [1.29, 1.82) is 5.26 Å². The second-order valence-corrected chi connectivity index (χ2v) is 12.7. The van der Waals surface area contributed by atoms with Crippen LogP contribution in [-0.2, 0) is 9.47 Å². The molecule has 11 nitrogen and oxygen atoms in total. The van der Waals surface area contributed by atoms with Gasteiger partial charge in [-0.15, -0.1) is 0 Å². The fourth-order valence-corrected chi connectivity index (χ4v) is 6.87. The lowest BCUT2D eigenvalue weighted by molar-refractivity contribution is -0.0365. The Morgan fingerprint density at radius 1 is 1.15 bits per heavy atom. The van der Waals surface area contributed by atoms with Crippen molar-refractivity contribution in [3.63, 3.8) is 0 Å². The van der Waals surface area contributed by atoms with Gasteiger partial charge in [-0.25, -0.2) is 9.67 Å². The number of nitrogens with zero attached hydrogens (tertiary/aromatic N) is 6. The summed E-state index contributed by atoms with van der Waals surface area (Å²) in [4.78, 5) is 11.2. The van der Waals surface area contributed by atoms with E-state index in [1.54, 1.807) is 26.6 Å². The Morgan fingerprint density at radius 2 is 1.93 bits per heavy atom. The molecule has 6 rings (SSSR count). The summed E-state index contributed by atoms with van der Waals surface area (Å²) in [6.07, 6.45) is 5.23. The minimum Gasteiger partial charge on any atom is -0.493 e. The molecule has 0 radical (unpaired) electrons. The average molecular weight is 667 g/mol. The van der Waals surface area contributed by atoms with Crippen molar-refractivity contribution in [2.75, 3.05) is 52.0 Å². The predicted octanol–water partition coefficient (Wildman–Crippen LogP) is 6.33. The van der Waals surface area contributed by atoms with E-state index in [0.717, 1.165) is 36.7 Å². The van der Waals surface area contributed by atoms with Gasteiger partial charge in [-0.05, 0) is 51.3 Å². The van der Waals surface area contributed by atoms with Gasteiger partial charge >= 0.3 is 0 Å². The first-order valence-electron chi connectivity index (χ1n) is 15.3. The third-order valence-corrected chi connectivity index (χ3v) is 9.10. The zero-order chi connectivity index (χ0) is 32.4. The third kappa shape index (κ3) is 6.33. The lowest BCUT2D eigenvalue weighted by Crippen LogP contribution is -2.68. The molecule has 4 aromatic rings. The summed E-state index contributed by atoms with van der Waals surface area (Å²) in [5.41, 5.74) is 3.15. The number of hydrogen-bond donors (Lipinski definition) is 1. The van der Waals surface area contributed by atoms with Crippen LogP contribution in [-0.4, -0.2) is 72.4 Å². The number of methoxy groups -OCH3 is 2. The summed E-state index contributed by atoms with van der Waals surface area (Å²) in [6.45, 7) is 7.49. The Morgan fingerprint density at radius 3 is 2.61 bits per heavy atom. The molecule has 0 spiro atoms. The number of nitrogens with one attached hydrogen (secondary N) is 1. The van der Waals surface area contributed by atoms with E-state index in [2.05, 4.69) is 28.2 Å². The van der Waals surface area contributed by atoms with Gasteiger partial charge in [0.25, 0.3) is 0 Å². The van der Waals surface area contributed by atoms with Crippen LogP contribution in [0.5, 0.6) is 11.5 Å². The van der Waals surface area contributed by atoms with Gasteiger partial charge in [0.2, 0.25) is 0 Å². The first-order valence-corrected chi connectivity index (χ1v) is 16.1. The molecule has 0 amide bonds. The fraction of sp³-hybridized carbons (Fsp3) is 0.455. The van der Waals surface area contributed by atoms with Crippen molar-refractivity contribution in [1.82, 2.24) is 25.1 Å². The van der Waals surface area contributed by atoms with E-state index in [1.165, 1.54) is 0 Å². The molecule has 5 heterocycles. The molecular weight excluding hydrogens is 629 g/mol. The molecule has 2 aliphatic heterocycles. The molecule has 3 aromatic heterocycles. The molecule has 2 atom stereocenters. The van der Waals surface area contributed by atoms with Crippen molar-refractivity contribution >= 4 is 39.9 Å². The van der Waals surface area contributed by atoms with Crippen molar-refractivity contribution in [2.45, 2.75) is 51.0 Å². The SMILES string of the molecule is COCCNC1(C)CN(c2nc(-c3nn(C4CCCCO4)c4cc(OC)c(O[C@H](C)c5c(Cl)cncc5Cl)cc34)ccc2C#N)C1. The molecule has 0 saturated carbocycles. The molecule has 2 saturated heterocycles. The molecule has 13 heteroatoms. The molecule has 1 aromatic carbocycles. The summed E-state index contributed by atoms with van der Waals surface area (Å²) < 4.78 is 25.5. The lowest BCUT2D eigenvalue weighted by atomic mass is 9.91. The summed E-state index contributed by atoms with van der Waals surface area (Å²) in [6, 6.07) is 9.79. The fourth-order valence-electron chi connectivity index (χ4n) is 6.20. The Balaban J connectivity index is 1.42. The van der Waals surface area contributed by atoms with Crippen LogP contribution in [0.1, 0.15) is 56.6 Å². The van der Waals surface area contributed by atoms with Crippen LogP contribution in [0.3, 0.4) is 0 Å². The highest BCUT2D eigenvalue weighted by Gasteiger charge is 2.40. The van der Waals surface area contributed by atoms with E-state index in [4.69, 9.17) is 52.2 Å². The van der Waals surface area contributed by atoms with Gasteiger partial charge in [-0.1, -0.05) is 23.2 Å². The van der Waals surface area contributed by atoms with Crippen LogP contribution < -0.4 is 19.7 Å². The predicted molar refractivity (Wildman–Crippen MR) is 177 cm³/mol. The van der Waals surface area contributed by atoms with E-state index in [9.17, 15) is 5.26 Å². The second-order valence-electron chi connectivity index (χ2n) is 11.9. The van der Waals surface area contributed by atoms with Gasteiger partial charge in [0.15, 0.2) is 17.7 Å². The van der Waals surface area contributed by atoms with Gasteiger partial charge < -0.3 is 29.2 Å². The molecule has 1 unspecified atom stereocenters. The normalized spacial score (nSPS) is 18.2. The van der Waals surface area contributed by atoms with Gasteiger partial charge in [0.1, 0.15) is 23.7 Å². The minimum atomic E-state index is -0.507. The maximum absolute atomic E-state index is 9.97. The van der Waals surface area contributed by atoms with Crippen molar-refractivity contribution in [2.24, 2.45) is 0 Å². The molecular formula is C33H37Cl2N7O4. The topological polar surface area (TPSA) is 120 Å². The molecule has 0 bridgehead atoms. The van der Waals surface area contributed by atoms with Crippen molar-refractivity contribution in [3.8, 4) is 29.0 Å². The van der Waals surface area contributed by atoms with Crippen molar-refractivity contribution < 1.29 is 18.9 Å². The minimum absolute atomic E-state index is 0.102. The largest absolute Gasteiger partial charge is 0.493 e. The number of anilines is 1. The Labute approximate surface area is 278 Å². The van der Waals surface area contributed by atoms with Gasteiger partial charge in [0, 0.05) is 62.8 Å². The first kappa shape index (κ1) is 32.3. The summed E-state index contributed by atoms with van der Waals surface area (Å²) >= 11 is 12.9. The van der Waals surface area contributed by atoms with Gasteiger partial charge in [0.05, 0.1) is 46.1 Å². The maximum Gasteiger partial charge on any atom is 0.162 e. The molecule has 2 fully saturated rings. The monoisotopic (exact) mass is 665 g/mol. The standard InChI is InChI=1S/C33H37Cl2N7O4/c1-20(30-23(34)16-37-17-24(30)35)46-28-13-22-26(14-27(28)44-4)42(29-7-5-6-11-45-29)40-31(22)25-9-8-21(15-36)32(39-25)41-18-33(2,19-41)38-10-12-43-3/h8-9,13-14,16-17,20,29,38H,5-7,10-12,18-19H2,1-4H3/t20-,29?/m1/s1. The number of ether oxygens (including phenoxy) is 4. The highest BCUT2D eigenvalue weighted by molar-refractivity contribution is 6.35. The number of aromatic nitrogens is 4. The van der Waals surface area contributed by atoms with Gasteiger partial charge in [-0.2, -0.15) is 10.4 Å². The Kier molecular flexibility index (Phi) is 9.54. The molecule has 0 aliphatic carbocycles. The number of fused-ring (bicyclic) bond motifs is 1. The number of rotatable bonds is 11. The van der Waals surface area contributed by atoms with E-state index >= 15 is 0 Å². The van der Waals surface area contributed by atoms with Crippen LogP contribution in [0.4, 0.5) is 5.82 Å². The smallest absolute Gasteiger partial charge is 0.162 e. The third-order valence-electron chi connectivity index (χ3n) is 8.50. The zero-order valence-electron chi connectivity index (χ0n) is 26.3. The van der Waals surface area contributed by atoms with Crippen molar-refractivity contribution in [3.05, 3.63) is 57.8 Å². The highest BCUT2D eigenvalue weighted by Crippen LogP contribution is 2.42. The number of hydrogen-bond acceptors (Lipinski definition) is 10. The van der Waals surface area contributed by atoms with E-state index in [-0.39, 0.29) is 11.8 Å². The van der Waals surface area contributed by atoms with Crippen LogP contribution in [0.25, 0.3) is 22.3 Å². The van der Waals surface area contributed by atoms with Crippen LogP contribution in [0, 0.1) is 11.3 Å². The van der Waals surface area contributed by atoms with E-state index < -0.39 is 6.10 Å². The number of halogens is 2. The van der Waals surface area contributed by atoms with E-state index in [1.807, 2.05) is 35.9 Å². The Bertz CT molecular complexity index is 1740. The molecule has 242 valence electrons. The number of benzene rings is 1. The summed E-state index contributed by atoms with van der Waals surface area (Å²) in [5.74, 6) is 1.65. The lowest BCUT2D eigenvalue weighted by Gasteiger charge is -2.49. The molecule has 2 aliphatic rings. The summed E-state index contributed by atoms with van der Waals surface area (Å²) in [7, 11) is 3.29. The first-order chi connectivity index (χ1) is 22.2. The summed E-state index contributed by atoms with van der Waals surface area (Å²) in [5, 5.41) is 20.2. The van der Waals surface area contributed by atoms with Gasteiger partial charge in [-0.3, -0.25) is 4.98 Å². The van der Waals surface area contributed by atoms with E-state index in [0.29, 0.717) is 76.2 Å². The van der Waals surface area contributed by atoms with Crippen LogP contribution in [0.15, 0.2) is 36.7 Å². The Hall–Kier alpha value is -3.66. The average Bonchev–Trinajstić information content (AvgIpc) is 3.41. The number of pyridine rings is 2. The molecule has 46 heavy (non-hydrogen) atoms. The van der Waals surface area contributed by atoms with Crippen LogP contribution in [0.2, 0.25) is 10.0 Å². The van der Waals surface area contributed by atoms with Crippen LogP contribution >= 0.6 is 23.2 Å². The number of nitriles is 1. The second kappa shape index (κ2) is 13.6. The highest BCUT2D eigenvalue weighted by atomic mass is 35.5. The zero-order valence-corrected chi connectivity index (χ0v) is 27.9. The molecule has 1 N–H and O–H groups in total.